The number of hydrogen-bond donors (Lipinski definition) is 1. The van der Waals surface area contributed by atoms with Crippen LogP contribution in [0.1, 0.15) is 37.9 Å². The lowest BCUT2D eigenvalue weighted by Crippen LogP contribution is -2.40. The van der Waals surface area contributed by atoms with Gasteiger partial charge in [-0.2, -0.15) is 0 Å². The quantitative estimate of drug-likeness (QED) is 0.529. The zero-order valence-corrected chi connectivity index (χ0v) is 20.9. The summed E-state index contributed by atoms with van der Waals surface area (Å²) in [6, 6.07) is 10.9. The van der Waals surface area contributed by atoms with Gasteiger partial charge in [0.05, 0.1) is 36.1 Å². The van der Waals surface area contributed by atoms with Crippen molar-refractivity contribution in [1.29, 1.82) is 0 Å². The second-order valence-electron chi connectivity index (χ2n) is 8.24. The number of fused-ring (bicyclic) bond motifs is 1. The van der Waals surface area contributed by atoms with Crippen LogP contribution in [0.3, 0.4) is 0 Å². The molecule has 0 unspecified atom stereocenters. The third kappa shape index (κ3) is 4.72. The van der Waals surface area contributed by atoms with Gasteiger partial charge in [0.25, 0.3) is 5.56 Å². The maximum atomic E-state index is 13.7. The number of benzene rings is 2. The van der Waals surface area contributed by atoms with Gasteiger partial charge in [-0.25, -0.2) is 9.79 Å². The van der Waals surface area contributed by atoms with E-state index in [0.717, 1.165) is 5.56 Å². The molecule has 3 aromatic rings. The van der Waals surface area contributed by atoms with Gasteiger partial charge in [0.1, 0.15) is 23.3 Å². The van der Waals surface area contributed by atoms with Crippen LogP contribution in [0.2, 0.25) is 0 Å². The number of thiazole rings is 1. The maximum Gasteiger partial charge on any atom is 0.338 e. The van der Waals surface area contributed by atoms with Crippen LogP contribution < -0.4 is 24.4 Å². The highest BCUT2D eigenvalue weighted by atomic mass is 32.1. The fourth-order valence-corrected chi connectivity index (χ4v) is 4.98. The smallest absolute Gasteiger partial charge is 0.338 e. The molecule has 9 heteroatoms. The predicted octanol–water partition coefficient (Wildman–Crippen LogP) is 2.91. The number of nitrogens with zero attached hydrogens (tertiary/aromatic N) is 2. The molecule has 4 rings (SSSR count). The summed E-state index contributed by atoms with van der Waals surface area (Å²) >= 11 is 1.22. The highest BCUT2D eigenvalue weighted by Crippen LogP contribution is 2.38. The summed E-state index contributed by atoms with van der Waals surface area (Å²) < 4.78 is 18.5. The van der Waals surface area contributed by atoms with Gasteiger partial charge in [-0.05, 0) is 62.7 Å². The summed E-state index contributed by atoms with van der Waals surface area (Å²) in [5.74, 6) is 0.633. The Bertz CT molecular complexity index is 1480. The van der Waals surface area contributed by atoms with Crippen molar-refractivity contribution in [1.82, 2.24) is 4.57 Å². The molecule has 0 saturated heterocycles. The number of phenolic OH excluding ortho intramolecular Hbond substituents is 1. The third-order valence-electron chi connectivity index (χ3n) is 5.51. The molecule has 1 aliphatic heterocycles. The van der Waals surface area contributed by atoms with E-state index in [1.165, 1.54) is 23.0 Å². The van der Waals surface area contributed by atoms with Crippen LogP contribution >= 0.6 is 11.3 Å². The average Bonchev–Trinajstić information content (AvgIpc) is 3.13. The molecule has 1 N–H and O–H groups in total. The molecule has 0 saturated carbocycles. The van der Waals surface area contributed by atoms with Crippen molar-refractivity contribution in [3.05, 3.63) is 84.5 Å². The Morgan fingerprint density at radius 1 is 1.14 bits per heavy atom. The van der Waals surface area contributed by atoms with Crippen molar-refractivity contribution in [3.63, 3.8) is 0 Å². The number of aromatic nitrogens is 1. The molecule has 2 heterocycles. The summed E-state index contributed by atoms with van der Waals surface area (Å²) in [6.07, 6.45) is 1.38. The number of ether oxygens (including phenoxy) is 3. The Hall–Kier alpha value is -3.85. The predicted molar refractivity (Wildman–Crippen MR) is 133 cm³/mol. The van der Waals surface area contributed by atoms with Crippen LogP contribution in [-0.4, -0.2) is 36.0 Å². The van der Waals surface area contributed by atoms with E-state index in [4.69, 9.17) is 14.2 Å². The minimum Gasteiger partial charge on any atom is -0.508 e. The molecule has 35 heavy (non-hydrogen) atoms. The van der Waals surface area contributed by atoms with Gasteiger partial charge in [-0.1, -0.05) is 23.5 Å². The normalized spacial score (nSPS) is 15.6. The number of allylic oxidation sites excluding steroid dienone is 1. The van der Waals surface area contributed by atoms with Crippen molar-refractivity contribution >= 4 is 23.4 Å². The zero-order valence-electron chi connectivity index (χ0n) is 20.1. The number of phenols is 1. The number of rotatable bonds is 6. The lowest BCUT2D eigenvalue weighted by molar-refractivity contribution is -0.143. The van der Waals surface area contributed by atoms with Crippen LogP contribution in [0.4, 0.5) is 0 Å². The highest BCUT2D eigenvalue weighted by molar-refractivity contribution is 7.07. The van der Waals surface area contributed by atoms with E-state index in [2.05, 4.69) is 4.99 Å². The Morgan fingerprint density at radius 3 is 2.49 bits per heavy atom. The fourth-order valence-electron chi connectivity index (χ4n) is 3.93. The Kier molecular flexibility index (Phi) is 6.79. The van der Waals surface area contributed by atoms with Gasteiger partial charge >= 0.3 is 5.97 Å². The number of hydrogen-bond acceptors (Lipinski definition) is 8. The molecule has 0 radical (unpaired) electrons. The molecular formula is C26H26N2O6S. The largest absolute Gasteiger partial charge is 0.508 e. The van der Waals surface area contributed by atoms with Crippen molar-refractivity contribution in [2.75, 3.05) is 14.2 Å². The monoisotopic (exact) mass is 494 g/mol. The van der Waals surface area contributed by atoms with Gasteiger partial charge < -0.3 is 19.3 Å². The van der Waals surface area contributed by atoms with Gasteiger partial charge in [0.2, 0.25) is 0 Å². The lowest BCUT2D eigenvalue weighted by atomic mass is 9.94. The average molecular weight is 495 g/mol. The van der Waals surface area contributed by atoms with Crippen LogP contribution in [0.25, 0.3) is 6.08 Å². The van der Waals surface area contributed by atoms with E-state index in [0.29, 0.717) is 32.1 Å². The second kappa shape index (κ2) is 9.79. The molecule has 182 valence electrons. The van der Waals surface area contributed by atoms with E-state index < -0.39 is 12.0 Å². The standard InChI is InChI=1S/C26H26N2O6S/c1-14(2)34-25(31)22-15(3)27-26-28(23(22)19-13-18(32-4)10-11-20(19)33-5)24(30)21(35-26)12-16-6-8-17(29)9-7-16/h6-14,23,29H,1-5H3/t23-/m1/s1. The topological polar surface area (TPSA) is 99.4 Å². The van der Waals surface area contributed by atoms with Gasteiger partial charge in [-0.3, -0.25) is 9.36 Å². The number of carbonyl (C=O) groups excluding carboxylic acids is 1. The molecule has 1 aromatic heterocycles. The number of carbonyl (C=O) groups is 1. The molecule has 1 atom stereocenters. The number of esters is 1. The molecule has 0 amide bonds. The first-order valence-electron chi connectivity index (χ1n) is 11.0. The molecule has 0 spiro atoms. The third-order valence-corrected chi connectivity index (χ3v) is 6.49. The summed E-state index contributed by atoms with van der Waals surface area (Å²) in [5, 5.41) is 9.57. The molecular weight excluding hydrogens is 468 g/mol. The van der Waals surface area contributed by atoms with Crippen LogP contribution in [0.5, 0.6) is 17.2 Å². The van der Waals surface area contributed by atoms with Gasteiger partial charge in [0.15, 0.2) is 4.80 Å². The van der Waals surface area contributed by atoms with Gasteiger partial charge in [-0.15, -0.1) is 0 Å². The second-order valence-corrected chi connectivity index (χ2v) is 9.24. The molecule has 1 aliphatic rings. The summed E-state index contributed by atoms with van der Waals surface area (Å²) in [4.78, 5) is 32.0. The number of aromatic hydroxyl groups is 1. The zero-order chi connectivity index (χ0) is 25.3. The van der Waals surface area contributed by atoms with Crippen molar-refractivity contribution in [3.8, 4) is 17.2 Å². The molecule has 0 fully saturated rings. The molecule has 0 aliphatic carbocycles. The van der Waals surface area contributed by atoms with E-state index in [9.17, 15) is 14.7 Å². The van der Waals surface area contributed by atoms with Crippen molar-refractivity contribution in [2.24, 2.45) is 4.99 Å². The summed E-state index contributed by atoms with van der Waals surface area (Å²) in [5.41, 5.74) is 1.74. The van der Waals surface area contributed by atoms with Crippen molar-refractivity contribution < 1.29 is 24.1 Å². The first-order chi connectivity index (χ1) is 16.7. The Balaban J connectivity index is 2.00. The molecule has 2 aromatic carbocycles. The first kappa shape index (κ1) is 24.3. The van der Waals surface area contributed by atoms with Crippen LogP contribution in [0, 0.1) is 0 Å². The lowest BCUT2D eigenvalue weighted by Gasteiger charge is -2.26. The SMILES string of the molecule is COc1ccc(OC)c([C@@H]2C(C(=O)OC(C)C)=C(C)N=c3sc(=Cc4ccc(O)cc4)c(=O)n32)c1. The van der Waals surface area contributed by atoms with E-state index in [1.54, 1.807) is 76.4 Å². The van der Waals surface area contributed by atoms with Gasteiger partial charge in [0, 0.05) is 5.56 Å². The molecule has 0 bridgehead atoms. The van der Waals surface area contributed by atoms with Crippen LogP contribution in [0.15, 0.2) is 63.5 Å². The molecule has 8 nitrogen and oxygen atoms in total. The summed E-state index contributed by atoms with van der Waals surface area (Å²) in [6.45, 7) is 5.26. The minimum atomic E-state index is -0.829. The summed E-state index contributed by atoms with van der Waals surface area (Å²) in [7, 11) is 3.08. The van der Waals surface area contributed by atoms with Crippen molar-refractivity contribution in [2.45, 2.75) is 32.9 Å². The Morgan fingerprint density at radius 2 is 1.86 bits per heavy atom. The van der Waals surface area contributed by atoms with E-state index >= 15 is 0 Å². The number of methoxy groups -OCH3 is 2. The van der Waals surface area contributed by atoms with E-state index in [1.807, 2.05) is 0 Å². The van der Waals surface area contributed by atoms with Crippen LogP contribution in [-0.2, 0) is 9.53 Å². The minimum absolute atomic E-state index is 0.137. The maximum absolute atomic E-state index is 13.7. The first-order valence-corrected chi connectivity index (χ1v) is 11.8. The Labute approximate surface area is 206 Å². The van der Waals surface area contributed by atoms with E-state index in [-0.39, 0.29) is 23.0 Å². The fraction of sp³-hybridized carbons (Fsp3) is 0.269. The highest BCUT2D eigenvalue weighted by Gasteiger charge is 2.35.